The summed E-state index contributed by atoms with van der Waals surface area (Å²) in [5.41, 5.74) is 2.54. The second-order valence-electron chi connectivity index (χ2n) is 4.48. The molecule has 1 aliphatic heterocycles. The standard InChI is InChI=1S/C12H19N3O2S/c1-10-11(18-9-13-10)12(17)15-4-2-3-14(5-6-15)7-8-16/h9,16H,2-8H2,1H3. The highest BCUT2D eigenvalue weighted by Crippen LogP contribution is 2.16. The van der Waals surface area contributed by atoms with E-state index in [4.69, 9.17) is 5.11 Å². The third-order valence-electron chi connectivity index (χ3n) is 3.23. The summed E-state index contributed by atoms with van der Waals surface area (Å²) in [5.74, 6) is 0.0980. The number of aliphatic hydroxyl groups excluding tert-OH is 1. The van der Waals surface area contributed by atoms with Crippen LogP contribution in [0.1, 0.15) is 21.8 Å². The molecule has 0 radical (unpaired) electrons. The predicted molar refractivity (Wildman–Crippen MR) is 70.9 cm³/mol. The van der Waals surface area contributed by atoms with Crippen molar-refractivity contribution in [3.63, 3.8) is 0 Å². The third-order valence-corrected chi connectivity index (χ3v) is 4.15. The van der Waals surface area contributed by atoms with Crippen LogP contribution in [0.15, 0.2) is 5.51 Å². The zero-order valence-corrected chi connectivity index (χ0v) is 11.4. The van der Waals surface area contributed by atoms with Crippen molar-refractivity contribution >= 4 is 17.2 Å². The molecule has 1 aliphatic rings. The molecule has 1 aromatic rings. The normalized spacial score (nSPS) is 17.8. The number of aryl methyl sites for hydroxylation is 1. The van der Waals surface area contributed by atoms with Crippen LogP contribution in [-0.4, -0.2) is 65.1 Å². The van der Waals surface area contributed by atoms with E-state index in [1.807, 2.05) is 11.8 Å². The maximum Gasteiger partial charge on any atom is 0.265 e. The zero-order valence-electron chi connectivity index (χ0n) is 10.6. The van der Waals surface area contributed by atoms with Gasteiger partial charge in [-0.2, -0.15) is 0 Å². The molecule has 6 heteroatoms. The number of β-amino-alcohol motifs (C(OH)–C–C–N with tert-alkyl or cyclic N) is 1. The van der Waals surface area contributed by atoms with Gasteiger partial charge in [0.05, 0.1) is 17.8 Å². The van der Waals surface area contributed by atoms with Crippen molar-refractivity contribution in [1.29, 1.82) is 0 Å². The van der Waals surface area contributed by atoms with Gasteiger partial charge in [-0.3, -0.25) is 9.69 Å². The van der Waals surface area contributed by atoms with E-state index >= 15 is 0 Å². The number of hydrogen-bond donors (Lipinski definition) is 1. The summed E-state index contributed by atoms with van der Waals surface area (Å²) in [7, 11) is 0. The highest BCUT2D eigenvalue weighted by molar-refractivity contribution is 7.11. The number of thiazole rings is 1. The van der Waals surface area contributed by atoms with Gasteiger partial charge in [-0.15, -0.1) is 11.3 Å². The van der Waals surface area contributed by atoms with Crippen LogP contribution in [0, 0.1) is 6.92 Å². The van der Waals surface area contributed by atoms with Gasteiger partial charge in [0.15, 0.2) is 0 Å². The fourth-order valence-corrected chi connectivity index (χ4v) is 2.96. The minimum Gasteiger partial charge on any atom is -0.395 e. The molecule has 1 saturated heterocycles. The molecule has 1 amide bonds. The minimum absolute atomic E-state index is 0.0980. The minimum atomic E-state index is 0.0980. The summed E-state index contributed by atoms with van der Waals surface area (Å²) in [5, 5.41) is 8.94. The molecule has 5 nitrogen and oxygen atoms in total. The van der Waals surface area contributed by atoms with Gasteiger partial charge in [-0.25, -0.2) is 4.98 Å². The molecule has 2 heterocycles. The Morgan fingerprint density at radius 1 is 1.44 bits per heavy atom. The van der Waals surface area contributed by atoms with E-state index in [0.29, 0.717) is 6.54 Å². The highest BCUT2D eigenvalue weighted by atomic mass is 32.1. The SMILES string of the molecule is Cc1ncsc1C(=O)N1CCCN(CCO)CC1. The molecule has 100 valence electrons. The van der Waals surface area contributed by atoms with E-state index in [9.17, 15) is 4.79 Å². The molecule has 1 N–H and O–H groups in total. The first-order valence-corrected chi connectivity index (χ1v) is 7.13. The van der Waals surface area contributed by atoms with E-state index in [1.165, 1.54) is 11.3 Å². The van der Waals surface area contributed by atoms with Crippen LogP contribution in [0.3, 0.4) is 0 Å². The number of rotatable bonds is 3. The maximum atomic E-state index is 12.3. The van der Waals surface area contributed by atoms with Crippen molar-refractivity contribution in [2.45, 2.75) is 13.3 Å². The molecule has 1 fully saturated rings. The Bertz CT molecular complexity index is 408. The molecular weight excluding hydrogens is 250 g/mol. The van der Waals surface area contributed by atoms with E-state index in [2.05, 4.69) is 9.88 Å². The molecule has 0 aromatic carbocycles. The number of amides is 1. The molecule has 2 rings (SSSR count). The number of carbonyl (C=O) groups is 1. The Kier molecular flexibility index (Phi) is 4.68. The van der Waals surface area contributed by atoms with Crippen molar-refractivity contribution in [3.05, 3.63) is 16.1 Å². The van der Waals surface area contributed by atoms with Gasteiger partial charge in [0.2, 0.25) is 0 Å². The highest BCUT2D eigenvalue weighted by Gasteiger charge is 2.22. The van der Waals surface area contributed by atoms with Crippen LogP contribution in [0.25, 0.3) is 0 Å². The monoisotopic (exact) mass is 269 g/mol. The van der Waals surface area contributed by atoms with Crippen LogP contribution < -0.4 is 0 Å². The largest absolute Gasteiger partial charge is 0.395 e. The lowest BCUT2D eigenvalue weighted by atomic mass is 10.3. The zero-order chi connectivity index (χ0) is 13.0. The van der Waals surface area contributed by atoms with Crippen LogP contribution in [0.4, 0.5) is 0 Å². The van der Waals surface area contributed by atoms with Crippen molar-refractivity contribution in [2.24, 2.45) is 0 Å². The average Bonchev–Trinajstić information content (AvgIpc) is 2.64. The van der Waals surface area contributed by atoms with Gasteiger partial charge in [-0.05, 0) is 19.9 Å². The molecule has 0 spiro atoms. The molecular formula is C12H19N3O2S. The van der Waals surface area contributed by atoms with Gasteiger partial charge in [-0.1, -0.05) is 0 Å². The number of aliphatic hydroxyl groups is 1. The topological polar surface area (TPSA) is 56.7 Å². The summed E-state index contributed by atoms with van der Waals surface area (Å²) >= 11 is 1.41. The second-order valence-corrected chi connectivity index (χ2v) is 5.33. The van der Waals surface area contributed by atoms with E-state index in [1.54, 1.807) is 5.51 Å². The Labute approximate surface area is 111 Å². The predicted octanol–water partition coefficient (Wildman–Crippen LogP) is 0.592. The molecule has 0 atom stereocenters. The number of carbonyl (C=O) groups excluding carboxylic acids is 1. The Hall–Kier alpha value is -0.980. The fraction of sp³-hybridized carbons (Fsp3) is 0.667. The molecule has 18 heavy (non-hydrogen) atoms. The van der Waals surface area contributed by atoms with E-state index in [-0.39, 0.29) is 12.5 Å². The van der Waals surface area contributed by atoms with Gasteiger partial charge < -0.3 is 10.0 Å². The lowest BCUT2D eigenvalue weighted by Gasteiger charge is -2.21. The fourth-order valence-electron chi connectivity index (χ4n) is 2.19. The first kappa shape index (κ1) is 13.5. The quantitative estimate of drug-likeness (QED) is 0.872. The number of aromatic nitrogens is 1. The molecule has 1 aromatic heterocycles. The second kappa shape index (κ2) is 6.26. The van der Waals surface area contributed by atoms with Crippen molar-refractivity contribution in [3.8, 4) is 0 Å². The summed E-state index contributed by atoms with van der Waals surface area (Å²) in [6.07, 6.45) is 0.962. The van der Waals surface area contributed by atoms with Crippen LogP contribution in [-0.2, 0) is 0 Å². The van der Waals surface area contributed by atoms with Crippen molar-refractivity contribution in [2.75, 3.05) is 39.3 Å². The Morgan fingerprint density at radius 2 is 2.28 bits per heavy atom. The first-order valence-electron chi connectivity index (χ1n) is 6.25. The third kappa shape index (κ3) is 3.07. The Balaban J connectivity index is 1.98. The van der Waals surface area contributed by atoms with E-state index in [0.717, 1.165) is 43.2 Å². The number of hydrogen-bond acceptors (Lipinski definition) is 5. The Morgan fingerprint density at radius 3 is 2.94 bits per heavy atom. The maximum absolute atomic E-state index is 12.3. The summed E-state index contributed by atoms with van der Waals surface area (Å²) in [6, 6.07) is 0. The molecule has 0 bridgehead atoms. The van der Waals surface area contributed by atoms with Crippen molar-refractivity contribution in [1.82, 2.24) is 14.8 Å². The van der Waals surface area contributed by atoms with Gasteiger partial charge >= 0.3 is 0 Å². The lowest BCUT2D eigenvalue weighted by Crippen LogP contribution is -2.35. The van der Waals surface area contributed by atoms with Gasteiger partial charge in [0.25, 0.3) is 5.91 Å². The molecule has 0 unspecified atom stereocenters. The lowest BCUT2D eigenvalue weighted by molar-refractivity contribution is 0.0764. The molecule has 0 aliphatic carbocycles. The van der Waals surface area contributed by atoms with Crippen LogP contribution >= 0.6 is 11.3 Å². The summed E-state index contributed by atoms with van der Waals surface area (Å²) in [6.45, 7) is 6.06. The van der Waals surface area contributed by atoms with Crippen LogP contribution in [0.2, 0.25) is 0 Å². The average molecular weight is 269 g/mol. The first-order chi connectivity index (χ1) is 8.72. The smallest absolute Gasteiger partial charge is 0.265 e. The summed E-state index contributed by atoms with van der Waals surface area (Å²) < 4.78 is 0. The van der Waals surface area contributed by atoms with E-state index < -0.39 is 0 Å². The number of nitrogens with zero attached hydrogens (tertiary/aromatic N) is 3. The summed E-state index contributed by atoms with van der Waals surface area (Å²) in [4.78, 5) is 21.3. The van der Waals surface area contributed by atoms with Gasteiger partial charge in [0.1, 0.15) is 4.88 Å². The van der Waals surface area contributed by atoms with Crippen molar-refractivity contribution < 1.29 is 9.90 Å². The van der Waals surface area contributed by atoms with Gasteiger partial charge in [0, 0.05) is 26.2 Å². The van der Waals surface area contributed by atoms with Crippen LogP contribution in [0.5, 0.6) is 0 Å². The molecule has 0 saturated carbocycles.